The number of pyridine rings is 6. The largest absolute Gasteiger partial charge is 0.265 e. The third kappa shape index (κ3) is 18.0. The van der Waals surface area contributed by atoms with Crippen LogP contribution in [0.2, 0.25) is 0 Å². The minimum absolute atomic E-state index is 1.03. The van der Waals surface area contributed by atoms with Gasteiger partial charge in [-0.3, -0.25) is 29.9 Å². The van der Waals surface area contributed by atoms with Crippen molar-refractivity contribution in [2.24, 2.45) is 0 Å². The Morgan fingerprint density at radius 3 is 1.05 bits per heavy atom. The molecule has 6 aromatic carbocycles. The Morgan fingerprint density at radius 1 is 0.218 bits per heavy atom. The first-order valence-electron chi connectivity index (χ1n) is 26.0. The Morgan fingerprint density at radius 2 is 0.603 bits per heavy atom. The molecule has 6 heteroatoms. The van der Waals surface area contributed by atoms with Crippen LogP contribution in [0.15, 0.2) is 292 Å². The number of benzene rings is 6. The van der Waals surface area contributed by atoms with E-state index in [-0.39, 0.29) is 0 Å². The molecule has 0 fully saturated rings. The van der Waals surface area contributed by atoms with Crippen LogP contribution < -0.4 is 0 Å². The highest BCUT2D eigenvalue weighted by Crippen LogP contribution is 2.24. The first kappa shape index (κ1) is 56.0. The van der Waals surface area contributed by atoms with Crippen molar-refractivity contribution in [1.29, 1.82) is 0 Å². The molecule has 0 N–H and O–H groups in total. The maximum absolute atomic E-state index is 4.31. The molecule has 0 atom stereocenters. The molecule has 78 heavy (non-hydrogen) atoms. The number of rotatable bonds is 6. The summed E-state index contributed by atoms with van der Waals surface area (Å²) in [5.74, 6) is 0. The van der Waals surface area contributed by atoms with Crippen LogP contribution >= 0.6 is 0 Å². The fourth-order valence-electron chi connectivity index (χ4n) is 8.29. The van der Waals surface area contributed by atoms with Gasteiger partial charge in [-0.15, -0.1) is 0 Å². The molecule has 0 saturated heterocycles. The van der Waals surface area contributed by atoms with Crippen molar-refractivity contribution >= 4 is 0 Å². The van der Waals surface area contributed by atoms with Crippen molar-refractivity contribution in [3.8, 4) is 67.0 Å². The topological polar surface area (TPSA) is 77.3 Å². The second kappa shape index (κ2) is 30.6. The maximum Gasteiger partial charge on any atom is 0.0704 e. The van der Waals surface area contributed by atoms with Crippen LogP contribution in [0.25, 0.3) is 67.0 Å². The summed E-state index contributed by atoms with van der Waals surface area (Å²) in [6.07, 6.45) is 18.3. The first-order valence-corrected chi connectivity index (χ1v) is 26.0. The van der Waals surface area contributed by atoms with Crippen molar-refractivity contribution in [3.63, 3.8) is 0 Å². The van der Waals surface area contributed by atoms with Crippen LogP contribution in [0.3, 0.4) is 0 Å². The summed E-state index contributed by atoms with van der Waals surface area (Å²) in [6.45, 7) is 12.6. The van der Waals surface area contributed by atoms with E-state index in [4.69, 9.17) is 0 Å². The monoisotopic (exact) mass is 1010 g/mol. The van der Waals surface area contributed by atoms with Crippen LogP contribution in [0.5, 0.6) is 0 Å². The van der Waals surface area contributed by atoms with Gasteiger partial charge in [0, 0.05) is 78.7 Å². The fourth-order valence-corrected chi connectivity index (χ4v) is 8.29. The summed E-state index contributed by atoms with van der Waals surface area (Å²) in [5, 5.41) is 0. The zero-order valence-corrected chi connectivity index (χ0v) is 45.4. The lowest BCUT2D eigenvalue weighted by Crippen LogP contribution is -1.84. The number of hydrogen-bond acceptors (Lipinski definition) is 6. The normalized spacial score (nSPS) is 9.92. The zero-order valence-electron chi connectivity index (χ0n) is 45.4. The SMILES string of the molecule is Cc1cccc(-c2ccccn2)c1.Cc1cccc(-c2cccnc2)c1.Cc1cccc(-c2ccncc2)c1.Cc1ccccc1-c1ccccn1.Cc1ccccc1-c1cccnc1.Cc1ccccc1-c1ccncc1. The van der Waals surface area contributed by atoms with Crippen molar-refractivity contribution in [3.05, 3.63) is 326 Å². The molecule has 0 radical (unpaired) electrons. The van der Waals surface area contributed by atoms with E-state index in [9.17, 15) is 0 Å². The van der Waals surface area contributed by atoms with E-state index in [1.807, 2.05) is 135 Å². The molecule has 0 saturated carbocycles. The standard InChI is InChI=1S/6C12H11N/c1-10-4-2-5-11(8-10)12-6-3-7-13-9-12;1-10-5-4-6-11(9-10)12-7-2-3-8-13-12;1-10-6-2-3-7-11(10)12-8-4-5-9-13-12;1-10-5-2-3-7-12(10)11-6-4-8-13-9-11;1-10-3-2-4-12(9-10)11-5-7-13-8-6-11;1-10-4-2-3-5-12(10)11-6-8-13-9-7-11/h6*2-9H,1H3. The quantitative estimate of drug-likeness (QED) is 0.165. The highest BCUT2D eigenvalue weighted by Gasteiger charge is 2.02. The smallest absolute Gasteiger partial charge is 0.0704 e. The van der Waals surface area contributed by atoms with E-state index in [2.05, 4.69) is 217 Å². The molecule has 12 rings (SSSR count). The molecule has 0 unspecified atom stereocenters. The second-order valence-electron chi connectivity index (χ2n) is 18.4. The van der Waals surface area contributed by atoms with Crippen LogP contribution in [-0.2, 0) is 0 Å². The van der Waals surface area contributed by atoms with Gasteiger partial charge in [-0.25, -0.2) is 0 Å². The number of nitrogens with zero attached hydrogens (tertiary/aromatic N) is 6. The molecule has 0 amide bonds. The Bertz CT molecular complexity index is 3230. The summed E-state index contributed by atoms with van der Waals surface area (Å²) >= 11 is 0. The predicted molar refractivity (Wildman–Crippen MR) is 326 cm³/mol. The highest BCUT2D eigenvalue weighted by molar-refractivity contribution is 5.68. The van der Waals surface area contributed by atoms with Gasteiger partial charge in [0.25, 0.3) is 0 Å². The van der Waals surface area contributed by atoms with Crippen molar-refractivity contribution in [1.82, 2.24) is 29.9 Å². The molecule has 0 spiro atoms. The number of aromatic nitrogens is 6. The van der Waals surface area contributed by atoms with Gasteiger partial charge in [0.15, 0.2) is 0 Å². The number of hydrogen-bond donors (Lipinski definition) is 0. The summed E-state index contributed by atoms with van der Waals surface area (Å²) in [5.41, 5.74) is 22.0. The molecule has 12 aromatic rings. The Kier molecular flexibility index (Phi) is 21.9. The van der Waals surface area contributed by atoms with Gasteiger partial charge in [-0.1, -0.05) is 180 Å². The molecule has 384 valence electrons. The third-order valence-electron chi connectivity index (χ3n) is 12.4. The van der Waals surface area contributed by atoms with Gasteiger partial charge < -0.3 is 0 Å². The molecule has 0 bridgehead atoms. The van der Waals surface area contributed by atoms with E-state index < -0.39 is 0 Å². The first-order chi connectivity index (χ1) is 38.2. The predicted octanol–water partition coefficient (Wildman–Crippen LogP) is 18.3. The van der Waals surface area contributed by atoms with Gasteiger partial charge in [0.05, 0.1) is 11.4 Å². The van der Waals surface area contributed by atoms with E-state index in [1.54, 1.807) is 12.4 Å². The van der Waals surface area contributed by atoms with Gasteiger partial charge >= 0.3 is 0 Å². The molecule has 6 aromatic heterocycles. The summed E-state index contributed by atoms with van der Waals surface area (Å²) < 4.78 is 0. The lowest BCUT2D eigenvalue weighted by molar-refractivity contribution is 1.31. The molecular formula is C72H66N6. The Hall–Kier alpha value is -9.78. The highest BCUT2D eigenvalue weighted by atomic mass is 14.7. The number of aryl methyl sites for hydroxylation is 6. The second-order valence-corrected chi connectivity index (χ2v) is 18.4. The molecule has 0 aliphatic heterocycles. The van der Waals surface area contributed by atoms with Crippen LogP contribution in [0.1, 0.15) is 33.4 Å². The van der Waals surface area contributed by atoms with Gasteiger partial charge in [-0.2, -0.15) is 0 Å². The van der Waals surface area contributed by atoms with E-state index >= 15 is 0 Å². The Balaban J connectivity index is 0.000000136. The summed E-state index contributed by atoms with van der Waals surface area (Å²) in [7, 11) is 0. The summed E-state index contributed by atoms with van der Waals surface area (Å²) in [4.78, 5) is 24.8. The van der Waals surface area contributed by atoms with Gasteiger partial charge in [-0.05, 0) is 164 Å². The minimum Gasteiger partial charge on any atom is -0.265 e. The maximum atomic E-state index is 4.31. The minimum atomic E-state index is 1.03. The molecular weight excluding hydrogens is 949 g/mol. The van der Waals surface area contributed by atoms with E-state index in [0.717, 1.165) is 11.4 Å². The zero-order chi connectivity index (χ0) is 54.6. The van der Waals surface area contributed by atoms with Gasteiger partial charge in [0.2, 0.25) is 0 Å². The molecule has 0 aliphatic carbocycles. The fraction of sp³-hybridized carbons (Fsp3) is 0.0833. The lowest BCUT2D eigenvalue weighted by Gasteiger charge is -2.03. The van der Waals surface area contributed by atoms with E-state index in [1.165, 1.54) is 89.0 Å². The average molecular weight is 1020 g/mol. The summed E-state index contributed by atoms with van der Waals surface area (Å²) in [6, 6.07) is 78.3. The lowest BCUT2D eigenvalue weighted by atomic mass is 10.0. The third-order valence-corrected chi connectivity index (χ3v) is 12.4. The van der Waals surface area contributed by atoms with Crippen molar-refractivity contribution in [2.75, 3.05) is 0 Å². The van der Waals surface area contributed by atoms with Crippen LogP contribution in [0, 0.1) is 41.5 Å². The van der Waals surface area contributed by atoms with Crippen molar-refractivity contribution < 1.29 is 0 Å². The molecule has 6 nitrogen and oxygen atoms in total. The van der Waals surface area contributed by atoms with Crippen molar-refractivity contribution in [2.45, 2.75) is 41.5 Å². The average Bonchev–Trinajstić information content (AvgIpc) is 3.50. The van der Waals surface area contributed by atoms with Crippen LogP contribution in [-0.4, -0.2) is 29.9 Å². The Labute approximate surface area is 462 Å². The van der Waals surface area contributed by atoms with E-state index in [0.29, 0.717) is 0 Å². The van der Waals surface area contributed by atoms with Gasteiger partial charge in [0.1, 0.15) is 0 Å². The molecule has 6 heterocycles. The van der Waals surface area contributed by atoms with Crippen LogP contribution in [0.4, 0.5) is 0 Å². The molecule has 0 aliphatic rings.